The van der Waals surface area contributed by atoms with Crippen molar-refractivity contribution in [3.05, 3.63) is 35.4 Å². The number of hydrogen-bond acceptors (Lipinski definition) is 4. The molecule has 1 aromatic heterocycles. The topological polar surface area (TPSA) is 42.4 Å². The maximum atomic E-state index is 13.8. The van der Waals surface area contributed by atoms with Crippen molar-refractivity contribution in [2.45, 2.75) is 64.3 Å². The minimum absolute atomic E-state index is 0.343. The van der Waals surface area contributed by atoms with E-state index in [2.05, 4.69) is 16.8 Å². The molecule has 0 bridgehead atoms. The maximum Gasteiger partial charge on any atom is 0.161 e. The number of carbonyl (C=O) groups excluding carboxylic acids is 1. The van der Waals surface area contributed by atoms with Crippen molar-refractivity contribution in [2.24, 2.45) is 11.8 Å². The molecule has 2 heterocycles. The van der Waals surface area contributed by atoms with E-state index in [0.29, 0.717) is 40.2 Å². The summed E-state index contributed by atoms with van der Waals surface area (Å²) >= 11 is 0. The average Bonchev–Trinajstić information content (AvgIpc) is 3.27. The zero-order chi connectivity index (χ0) is 21.8. The predicted octanol–water partition coefficient (Wildman–Crippen LogP) is 5.92. The third-order valence-corrected chi connectivity index (χ3v) is 6.99. The number of aromatic nitrogens is 1. The highest BCUT2D eigenvalue weighted by molar-refractivity contribution is 5.92. The van der Waals surface area contributed by atoms with Gasteiger partial charge in [0, 0.05) is 37.3 Å². The first-order chi connectivity index (χ1) is 15.1. The number of ether oxygens (including phenoxy) is 1. The SMILES string of the molecule is CCCCOCC1CCC([C@H]2CCCN2c2nc3cc(F)c(F)cc3cc2C=O)CC1. The molecule has 0 unspecified atom stereocenters. The molecule has 2 fully saturated rings. The lowest BCUT2D eigenvalue weighted by atomic mass is 9.78. The van der Waals surface area contributed by atoms with Gasteiger partial charge in [0.2, 0.25) is 0 Å². The summed E-state index contributed by atoms with van der Waals surface area (Å²) in [5.74, 6) is -0.0156. The molecule has 0 N–H and O–H groups in total. The first-order valence-corrected chi connectivity index (χ1v) is 11.7. The first kappa shape index (κ1) is 22.1. The van der Waals surface area contributed by atoms with Crippen molar-refractivity contribution in [1.82, 2.24) is 4.98 Å². The van der Waals surface area contributed by atoms with Crippen LogP contribution in [-0.4, -0.2) is 37.1 Å². The van der Waals surface area contributed by atoms with Gasteiger partial charge in [-0.2, -0.15) is 0 Å². The van der Waals surface area contributed by atoms with Gasteiger partial charge >= 0.3 is 0 Å². The van der Waals surface area contributed by atoms with Crippen LogP contribution in [-0.2, 0) is 4.74 Å². The van der Waals surface area contributed by atoms with E-state index in [4.69, 9.17) is 4.74 Å². The summed E-state index contributed by atoms with van der Waals surface area (Å²) in [4.78, 5) is 18.7. The van der Waals surface area contributed by atoms with Crippen LogP contribution < -0.4 is 4.90 Å². The van der Waals surface area contributed by atoms with E-state index in [-0.39, 0.29) is 0 Å². The second-order valence-electron chi connectivity index (χ2n) is 9.09. The number of anilines is 1. The van der Waals surface area contributed by atoms with Crippen LogP contribution in [0.15, 0.2) is 18.2 Å². The van der Waals surface area contributed by atoms with Gasteiger partial charge in [-0.05, 0) is 68.9 Å². The molecule has 4 rings (SSSR count). The molecule has 1 saturated carbocycles. The van der Waals surface area contributed by atoms with Crippen LogP contribution in [0.3, 0.4) is 0 Å². The van der Waals surface area contributed by atoms with Crippen molar-refractivity contribution >= 4 is 23.0 Å². The first-order valence-electron chi connectivity index (χ1n) is 11.7. The lowest BCUT2D eigenvalue weighted by molar-refractivity contribution is 0.0736. The Morgan fingerprint density at radius 1 is 1.13 bits per heavy atom. The van der Waals surface area contributed by atoms with E-state index in [1.165, 1.54) is 12.8 Å². The molecule has 31 heavy (non-hydrogen) atoms. The summed E-state index contributed by atoms with van der Waals surface area (Å²) in [6, 6.07) is 4.21. The van der Waals surface area contributed by atoms with Crippen molar-refractivity contribution < 1.29 is 18.3 Å². The molecule has 168 valence electrons. The molecule has 1 aliphatic heterocycles. The van der Waals surface area contributed by atoms with Gasteiger partial charge in [0.1, 0.15) is 5.82 Å². The minimum Gasteiger partial charge on any atom is -0.381 e. The standard InChI is InChI=1S/C25H32F2N2O2/c1-2-3-11-31-16-17-6-8-18(9-7-17)24-5-4-10-29(24)25-20(15-30)12-19-13-21(26)22(27)14-23(19)28-25/h12-15,17-18,24H,2-11,16H2,1H3/t17?,18?,24-/m1/s1. The Labute approximate surface area is 183 Å². The molecule has 4 nitrogen and oxygen atoms in total. The molecule has 1 aliphatic carbocycles. The van der Waals surface area contributed by atoms with E-state index in [1.54, 1.807) is 6.07 Å². The zero-order valence-electron chi connectivity index (χ0n) is 18.3. The van der Waals surface area contributed by atoms with Gasteiger partial charge in [-0.25, -0.2) is 13.8 Å². The van der Waals surface area contributed by atoms with Crippen molar-refractivity contribution in [3.63, 3.8) is 0 Å². The summed E-state index contributed by atoms with van der Waals surface area (Å²) in [6.07, 6.45) is 9.88. The van der Waals surface area contributed by atoms with Crippen molar-refractivity contribution in [1.29, 1.82) is 0 Å². The number of pyridine rings is 1. The Kier molecular flexibility index (Phi) is 7.16. The highest BCUT2D eigenvalue weighted by atomic mass is 19.2. The molecule has 1 saturated heterocycles. The van der Waals surface area contributed by atoms with E-state index in [0.717, 1.165) is 76.7 Å². The Bertz CT molecular complexity index is 912. The fourth-order valence-corrected chi connectivity index (χ4v) is 5.27. The van der Waals surface area contributed by atoms with Gasteiger partial charge in [-0.1, -0.05) is 13.3 Å². The molecule has 2 aromatic rings. The van der Waals surface area contributed by atoms with Gasteiger partial charge in [-0.15, -0.1) is 0 Å². The number of hydrogen-bond donors (Lipinski definition) is 0. The molecular formula is C25H32F2N2O2. The number of benzene rings is 1. The lowest BCUT2D eigenvalue weighted by Gasteiger charge is -2.37. The Morgan fingerprint density at radius 3 is 2.65 bits per heavy atom. The summed E-state index contributed by atoms with van der Waals surface area (Å²) in [7, 11) is 0. The second-order valence-corrected chi connectivity index (χ2v) is 9.09. The normalized spacial score (nSPS) is 24.1. The van der Waals surface area contributed by atoms with Crippen LogP contribution in [0.4, 0.5) is 14.6 Å². The number of rotatable bonds is 8. The Morgan fingerprint density at radius 2 is 1.90 bits per heavy atom. The van der Waals surface area contributed by atoms with Crippen LogP contribution >= 0.6 is 0 Å². The highest BCUT2D eigenvalue weighted by Gasteiger charge is 2.36. The number of nitrogens with zero attached hydrogens (tertiary/aromatic N) is 2. The molecule has 6 heteroatoms. The summed E-state index contributed by atoms with van der Waals surface area (Å²) in [6.45, 7) is 4.75. The molecule has 1 atom stereocenters. The molecule has 2 aliphatic rings. The highest BCUT2D eigenvalue weighted by Crippen LogP contribution is 2.39. The number of carbonyl (C=O) groups is 1. The van der Waals surface area contributed by atoms with E-state index < -0.39 is 11.6 Å². The van der Waals surface area contributed by atoms with E-state index in [9.17, 15) is 13.6 Å². The number of fused-ring (bicyclic) bond motifs is 1. The van der Waals surface area contributed by atoms with Gasteiger partial charge < -0.3 is 9.64 Å². The smallest absolute Gasteiger partial charge is 0.161 e. The van der Waals surface area contributed by atoms with Crippen LogP contribution in [0.25, 0.3) is 10.9 Å². The monoisotopic (exact) mass is 430 g/mol. The number of unbranched alkanes of at least 4 members (excludes halogenated alkanes) is 1. The van der Waals surface area contributed by atoms with Crippen LogP contribution in [0.1, 0.15) is 68.6 Å². The number of aldehydes is 1. The van der Waals surface area contributed by atoms with Gasteiger partial charge in [0.05, 0.1) is 11.1 Å². The lowest BCUT2D eigenvalue weighted by Crippen LogP contribution is -2.39. The quantitative estimate of drug-likeness (QED) is 0.385. The molecule has 1 aromatic carbocycles. The fourth-order valence-electron chi connectivity index (χ4n) is 5.27. The molecular weight excluding hydrogens is 398 g/mol. The van der Waals surface area contributed by atoms with Crippen LogP contribution in [0, 0.1) is 23.5 Å². The predicted molar refractivity (Wildman–Crippen MR) is 119 cm³/mol. The van der Waals surface area contributed by atoms with E-state index in [1.807, 2.05) is 0 Å². The van der Waals surface area contributed by atoms with Crippen molar-refractivity contribution in [2.75, 3.05) is 24.7 Å². The van der Waals surface area contributed by atoms with Gasteiger partial charge in [-0.3, -0.25) is 4.79 Å². The third kappa shape index (κ3) is 4.89. The molecule has 0 amide bonds. The van der Waals surface area contributed by atoms with E-state index >= 15 is 0 Å². The second kappa shape index (κ2) is 10.0. The summed E-state index contributed by atoms with van der Waals surface area (Å²) in [5, 5.41) is 0.448. The molecule has 0 spiro atoms. The van der Waals surface area contributed by atoms with Gasteiger partial charge in [0.15, 0.2) is 17.9 Å². The minimum atomic E-state index is -0.923. The average molecular weight is 431 g/mol. The third-order valence-electron chi connectivity index (χ3n) is 6.99. The maximum absolute atomic E-state index is 13.8. The molecule has 0 radical (unpaired) electrons. The zero-order valence-corrected chi connectivity index (χ0v) is 18.3. The Hall–Kier alpha value is -2.08. The van der Waals surface area contributed by atoms with Crippen molar-refractivity contribution in [3.8, 4) is 0 Å². The van der Waals surface area contributed by atoms with Crippen LogP contribution in [0.5, 0.6) is 0 Å². The fraction of sp³-hybridized carbons (Fsp3) is 0.600. The number of halogens is 2. The largest absolute Gasteiger partial charge is 0.381 e. The summed E-state index contributed by atoms with van der Waals surface area (Å²) in [5.41, 5.74) is 0.835. The Balaban J connectivity index is 1.48. The van der Waals surface area contributed by atoms with Gasteiger partial charge in [0.25, 0.3) is 0 Å². The van der Waals surface area contributed by atoms with Crippen LogP contribution in [0.2, 0.25) is 0 Å². The summed E-state index contributed by atoms with van der Waals surface area (Å²) < 4.78 is 33.2.